The second kappa shape index (κ2) is 8.50. The first-order chi connectivity index (χ1) is 13.9. The fraction of sp³-hybridized carbons (Fsp3) is 0.409. The lowest BCUT2D eigenvalue weighted by Gasteiger charge is -2.42. The quantitative estimate of drug-likeness (QED) is 0.713. The smallest absolute Gasteiger partial charge is 0.306 e. The SMILES string of the molecule is O=C(O)C1CCN(Cc2ccc(C3CN(c4c(Cl)cccc4Cl)C3)cc2F)CC1. The van der Waals surface area contributed by atoms with Crippen molar-refractivity contribution in [2.24, 2.45) is 5.92 Å². The minimum Gasteiger partial charge on any atom is -0.481 e. The van der Waals surface area contributed by atoms with Crippen molar-refractivity contribution in [2.45, 2.75) is 25.3 Å². The third-order valence-electron chi connectivity index (χ3n) is 6.01. The van der Waals surface area contributed by atoms with Gasteiger partial charge in [0.15, 0.2) is 0 Å². The number of carbonyl (C=O) groups is 1. The van der Waals surface area contributed by atoms with E-state index in [1.165, 1.54) is 0 Å². The molecule has 4 rings (SSSR count). The first-order valence-corrected chi connectivity index (χ1v) is 10.6. The van der Waals surface area contributed by atoms with Crippen molar-refractivity contribution in [3.05, 3.63) is 63.4 Å². The summed E-state index contributed by atoms with van der Waals surface area (Å²) in [6.07, 6.45) is 1.25. The zero-order valence-corrected chi connectivity index (χ0v) is 17.5. The van der Waals surface area contributed by atoms with E-state index < -0.39 is 5.97 Å². The van der Waals surface area contributed by atoms with Crippen LogP contribution in [0.2, 0.25) is 10.0 Å². The van der Waals surface area contributed by atoms with Gasteiger partial charge in [0, 0.05) is 31.1 Å². The zero-order valence-electron chi connectivity index (χ0n) is 16.0. The lowest BCUT2D eigenvalue weighted by atomic mass is 9.90. The van der Waals surface area contributed by atoms with Crippen LogP contribution >= 0.6 is 23.2 Å². The standard InChI is InChI=1S/C22H23Cl2FN2O2/c23-18-2-1-3-19(24)21(18)27-12-17(13-27)15-4-5-16(20(25)10-15)11-26-8-6-14(7-9-26)22(28)29/h1-5,10,14,17H,6-9,11-13H2,(H,28,29). The number of nitrogens with zero attached hydrogens (tertiary/aromatic N) is 2. The maximum Gasteiger partial charge on any atom is 0.306 e. The molecule has 29 heavy (non-hydrogen) atoms. The molecule has 1 N–H and O–H groups in total. The fourth-order valence-corrected chi connectivity index (χ4v) is 4.82. The van der Waals surface area contributed by atoms with Gasteiger partial charge in [0.2, 0.25) is 0 Å². The van der Waals surface area contributed by atoms with Crippen LogP contribution in [0, 0.1) is 11.7 Å². The first-order valence-electron chi connectivity index (χ1n) is 9.85. The van der Waals surface area contributed by atoms with Crippen molar-refractivity contribution in [2.75, 3.05) is 31.1 Å². The molecule has 2 fully saturated rings. The van der Waals surface area contributed by atoms with Gasteiger partial charge in [-0.15, -0.1) is 0 Å². The van der Waals surface area contributed by atoms with Crippen LogP contribution in [0.15, 0.2) is 36.4 Å². The number of halogens is 3. The number of carboxylic acid groups (broad SMARTS) is 1. The van der Waals surface area contributed by atoms with Gasteiger partial charge in [-0.1, -0.05) is 41.4 Å². The Morgan fingerprint density at radius 2 is 1.76 bits per heavy atom. The maximum absolute atomic E-state index is 14.7. The molecule has 2 aliphatic heterocycles. The number of likely N-dealkylation sites (tertiary alicyclic amines) is 1. The Labute approximate surface area is 179 Å². The largest absolute Gasteiger partial charge is 0.481 e. The predicted octanol–water partition coefficient (Wildman–Crippen LogP) is 5.03. The molecule has 0 radical (unpaired) electrons. The number of piperidine rings is 1. The summed E-state index contributed by atoms with van der Waals surface area (Å²) in [6, 6.07) is 11.0. The minimum absolute atomic E-state index is 0.197. The Hall–Kier alpha value is -1.82. The highest BCUT2D eigenvalue weighted by Gasteiger charge is 2.31. The molecule has 0 aliphatic carbocycles. The third-order valence-corrected chi connectivity index (χ3v) is 6.62. The summed E-state index contributed by atoms with van der Waals surface area (Å²) in [5, 5.41) is 10.4. The van der Waals surface area contributed by atoms with Crippen LogP contribution < -0.4 is 4.90 Å². The predicted molar refractivity (Wildman–Crippen MR) is 113 cm³/mol. The molecular formula is C22H23Cl2FN2O2. The monoisotopic (exact) mass is 436 g/mol. The van der Waals surface area contributed by atoms with Gasteiger partial charge in [-0.05, 0) is 49.7 Å². The number of benzene rings is 2. The summed E-state index contributed by atoms with van der Waals surface area (Å²) in [7, 11) is 0. The maximum atomic E-state index is 14.7. The molecule has 7 heteroatoms. The summed E-state index contributed by atoms with van der Waals surface area (Å²) in [4.78, 5) is 15.3. The highest BCUT2D eigenvalue weighted by atomic mass is 35.5. The van der Waals surface area contributed by atoms with Gasteiger partial charge in [-0.25, -0.2) is 4.39 Å². The van der Waals surface area contributed by atoms with E-state index in [1.54, 1.807) is 6.07 Å². The molecule has 0 bridgehead atoms. The molecule has 154 valence electrons. The molecule has 2 heterocycles. The lowest BCUT2D eigenvalue weighted by Crippen LogP contribution is -2.45. The Morgan fingerprint density at radius 3 is 2.34 bits per heavy atom. The van der Waals surface area contributed by atoms with E-state index in [2.05, 4.69) is 9.80 Å². The van der Waals surface area contributed by atoms with E-state index in [4.69, 9.17) is 28.3 Å². The zero-order chi connectivity index (χ0) is 20.5. The van der Waals surface area contributed by atoms with Crippen LogP contribution in [0.1, 0.15) is 29.9 Å². The van der Waals surface area contributed by atoms with E-state index in [1.807, 2.05) is 30.3 Å². The molecule has 2 aliphatic rings. The molecule has 0 spiro atoms. The molecule has 2 aromatic rings. The molecular weight excluding hydrogens is 414 g/mol. The van der Waals surface area contributed by atoms with E-state index in [0.29, 0.717) is 48.1 Å². The Morgan fingerprint density at radius 1 is 1.10 bits per heavy atom. The molecule has 0 atom stereocenters. The van der Waals surface area contributed by atoms with Crippen molar-refractivity contribution in [1.29, 1.82) is 0 Å². The van der Waals surface area contributed by atoms with Crippen molar-refractivity contribution >= 4 is 34.9 Å². The van der Waals surface area contributed by atoms with Crippen molar-refractivity contribution in [3.63, 3.8) is 0 Å². The summed E-state index contributed by atoms with van der Waals surface area (Å²) >= 11 is 12.5. The van der Waals surface area contributed by atoms with Gasteiger partial charge < -0.3 is 10.0 Å². The average molecular weight is 437 g/mol. The summed E-state index contributed by atoms with van der Waals surface area (Å²) in [6.45, 7) is 3.41. The number of carboxylic acids is 1. The number of para-hydroxylation sites is 1. The second-order valence-electron chi connectivity index (χ2n) is 7.91. The van der Waals surface area contributed by atoms with E-state index >= 15 is 0 Å². The molecule has 4 nitrogen and oxygen atoms in total. The second-order valence-corrected chi connectivity index (χ2v) is 8.73. The number of rotatable bonds is 5. The van der Waals surface area contributed by atoms with Gasteiger partial charge in [-0.3, -0.25) is 9.69 Å². The van der Waals surface area contributed by atoms with Crippen LogP contribution in [0.4, 0.5) is 10.1 Å². The molecule has 0 aromatic heterocycles. The normalized spacial score (nSPS) is 18.7. The Kier molecular flexibility index (Phi) is 6.00. The van der Waals surface area contributed by atoms with Crippen molar-refractivity contribution in [3.8, 4) is 0 Å². The van der Waals surface area contributed by atoms with Crippen molar-refractivity contribution < 1.29 is 14.3 Å². The van der Waals surface area contributed by atoms with Gasteiger partial charge in [0.25, 0.3) is 0 Å². The average Bonchev–Trinajstić information content (AvgIpc) is 2.65. The van der Waals surface area contributed by atoms with Gasteiger partial charge in [0.1, 0.15) is 5.82 Å². The number of anilines is 1. The van der Waals surface area contributed by atoms with Crippen LogP contribution in [-0.2, 0) is 11.3 Å². The van der Waals surface area contributed by atoms with Crippen LogP contribution in [0.5, 0.6) is 0 Å². The first kappa shape index (κ1) is 20.5. The number of aliphatic carboxylic acids is 1. The minimum atomic E-state index is -0.729. The summed E-state index contributed by atoms with van der Waals surface area (Å²) in [5.74, 6) is -0.950. The molecule has 2 aromatic carbocycles. The molecule has 0 unspecified atom stereocenters. The van der Waals surface area contributed by atoms with E-state index in [0.717, 1.165) is 24.3 Å². The highest BCUT2D eigenvalue weighted by molar-refractivity contribution is 6.39. The summed E-state index contributed by atoms with van der Waals surface area (Å²) in [5.41, 5.74) is 2.48. The van der Waals surface area contributed by atoms with E-state index in [-0.39, 0.29) is 17.7 Å². The van der Waals surface area contributed by atoms with Crippen LogP contribution in [0.25, 0.3) is 0 Å². The fourth-order valence-electron chi connectivity index (χ4n) is 4.19. The molecule has 0 saturated carbocycles. The highest BCUT2D eigenvalue weighted by Crippen LogP contribution is 2.40. The van der Waals surface area contributed by atoms with Gasteiger partial charge >= 0.3 is 5.97 Å². The van der Waals surface area contributed by atoms with Gasteiger partial charge in [0.05, 0.1) is 21.7 Å². The number of hydrogen-bond acceptors (Lipinski definition) is 3. The Bertz CT molecular complexity index is 889. The van der Waals surface area contributed by atoms with Crippen LogP contribution in [0.3, 0.4) is 0 Å². The lowest BCUT2D eigenvalue weighted by molar-refractivity contribution is -0.143. The topological polar surface area (TPSA) is 43.8 Å². The van der Waals surface area contributed by atoms with Crippen LogP contribution in [-0.4, -0.2) is 42.2 Å². The summed E-state index contributed by atoms with van der Waals surface area (Å²) < 4.78 is 14.7. The Balaban J connectivity index is 1.36. The van der Waals surface area contributed by atoms with Gasteiger partial charge in [-0.2, -0.15) is 0 Å². The number of hydrogen-bond donors (Lipinski definition) is 1. The van der Waals surface area contributed by atoms with Crippen molar-refractivity contribution in [1.82, 2.24) is 4.90 Å². The molecule has 0 amide bonds. The molecule has 2 saturated heterocycles. The van der Waals surface area contributed by atoms with E-state index in [9.17, 15) is 9.18 Å². The third kappa shape index (κ3) is 4.37.